The van der Waals surface area contributed by atoms with Crippen molar-refractivity contribution >= 4 is 23.2 Å². The number of hydrogen-bond acceptors (Lipinski definition) is 6. The zero-order chi connectivity index (χ0) is 17.6. The summed E-state index contributed by atoms with van der Waals surface area (Å²) in [5.41, 5.74) is 0.963. The van der Waals surface area contributed by atoms with E-state index < -0.39 is 0 Å². The number of carbonyl (C=O) groups is 1. The lowest BCUT2D eigenvalue weighted by atomic mass is 10.1. The lowest BCUT2D eigenvalue weighted by Crippen LogP contribution is -1.92. The third-order valence-corrected chi connectivity index (χ3v) is 3.35. The molecule has 0 saturated heterocycles. The van der Waals surface area contributed by atoms with E-state index in [0.717, 1.165) is 0 Å². The van der Waals surface area contributed by atoms with Crippen LogP contribution in [0.2, 0.25) is 0 Å². The molecule has 0 unspecified atom stereocenters. The Kier molecular flexibility index (Phi) is 4.71. The molecule has 25 heavy (non-hydrogen) atoms. The fourth-order valence-electron chi connectivity index (χ4n) is 2.06. The average Bonchev–Trinajstić information content (AvgIpc) is 3.13. The molecule has 0 aliphatic heterocycles. The first-order valence-electron chi connectivity index (χ1n) is 7.42. The molecule has 0 aliphatic carbocycles. The van der Waals surface area contributed by atoms with E-state index in [2.05, 4.69) is 10.2 Å². The maximum absolute atomic E-state index is 12.1. The normalized spacial score (nSPS) is 11.4. The van der Waals surface area contributed by atoms with Gasteiger partial charge < -0.3 is 14.6 Å². The van der Waals surface area contributed by atoms with Gasteiger partial charge in [0.05, 0.1) is 12.0 Å². The Morgan fingerprint density at radius 2 is 1.64 bits per heavy atom. The van der Waals surface area contributed by atoms with Gasteiger partial charge in [-0.1, -0.05) is 6.07 Å². The van der Waals surface area contributed by atoms with Gasteiger partial charge in [-0.2, -0.15) is 5.11 Å². The Morgan fingerprint density at radius 3 is 2.28 bits per heavy atom. The van der Waals surface area contributed by atoms with Crippen molar-refractivity contribution in [2.45, 2.75) is 0 Å². The molecule has 0 amide bonds. The van der Waals surface area contributed by atoms with Crippen molar-refractivity contribution in [2.24, 2.45) is 10.2 Å². The van der Waals surface area contributed by atoms with Gasteiger partial charge in [0, 0.05) is 5.56 Å². The van der Waals surface area contributed by atoms with Gasteiger partial charge in [-0.3, -0.25) is 4.79 Å². The van der Waals surface area contributed by atoms with Crippen LogP contribution in [0.5, 0.6) is 11.5 Å². The second-order valence-corrected chi connectivity index (χ2v) is 5.10. The summed E-state index contributed by atoms with van der Waals surface area (Å²) in [4.78, 5) is 12.1. The van der Waals surface area contributed by atoms with E-state index in [-0.39, 0.29) is 23.0 Å². The number of phenols is 2. The summed E-state index contributed by atoms with van der Waals surface area (Å²) in [7, 11) is 0. The fraction of sp³-hybridized carbons (Fsp3) is 0. The quantitative estimate of drug-likeness (QED) is 0.390. The topological polar surface area (TPSA) is 95.4 Å². The number of phenolic OH excluding ortho intramolecular Hbond substituents is 2. The molecule has 0 radical (unpaired) electrons. The van der Waals surface area contributed by atoms with E-state index in [4.69, 9.17) is 4.42 Å². The number of hydrogen-bond donors (Lipinski definition) is 2. The zero-order valence-corrected chi connectivity index (χ0v) is 13.0. The van der Waals surface area contributed by atoms with Crippen molar-refractivity contribution < 1.29 is 19.4 Å². The summed E-state index contributed by atoms with van der Waals surface area (Å²) < 4.78 is 5.12. The van der Waals surface area contributed by atoms with E-state index >= 15 is 0 Å². The van der Waals surface area contributed by atoms with Gasteiger partial charge in [-0.15, -0.1) is 5.11 Å². The van der Waals surface area contributed by atoms with Crippen LogP contribution in [-0.2, 0) is 0 Å². The van der Waals surface area contributed by atoms with Crippen LogP contribution in [0.1, 0.15) is 16.1 Å². The highest BCUT2D eigenvalue weighted by Gasteiger charge is 2.06. The summed E-state index contributed by atoms with van der Waals surface area (Å²) in [6, 6.07) is 14.3. The number of furan rings is 1. The molecule has 0 bridgehead atoms. The van der Waals surface area contributed by atoms with Crippen LogP contribution >= 0.6 is 0 Å². The standard InChI is InChI=1S/C19H14N2O4/c22-16(11-10-15-3-2-12-25-15)13-6-8-14(9-7-13)20-21-19-17(23)4-1-5-18(19)24/h1-12,23-24H/b11-10-,21-20?. The summed E-state index contributed by atoms with van der Waals surface area (Å²) in [5.74, 6) is 0.0942. The molecule has 1 aromatic heterocycles. The number of ketones is 1. The lowest BCUT2D eigenvalue weighted by molar-refractivity contribution is 0.104. The summed E-state index contributed by atoms with van der Waals surface area (Å²) in [6.45, 7) is 0. The number of benzene rings is 2. The van der Waals surface area contributed by atoms with Crippen molar-refractivity contribution in [3.63, 3.8) is 0 Å². The van der Waals surface area contributed by atoms with Crippen molar-refractivity contribution in [2.75, 3.05) is 0 Å². The number of aromatic hydroxyl groups is 2. The third kappa shape index (κ3) is 4.00. The van der Waals surface area contributed by atoms with Crippen LogP contribution in [-0.4, -0.2) is 16.0 Å². The zero-order valence-electron chi connectivity index (χ0n) is 13.0. The molecule has 3 aromatic rings. The second kappa shape index (κ2) is 7.27. The summed E-state index contributed by atoms with van der Waals surface area (Å²) in [6.07, 6.45) is 4.55. The highest BCUT2D eigenvalue weighted by Crippen LogP contribution is 2.36. The van der Waals surface area contributed by atoms with E-state index in [0.29, 0.717) is 17.0 Å². The van der Waals surface area contributed by atoms with E-state index in [1.165, 1.54) is 30.5 Å². The Morgan fingerprint density at radius 1 is 0.920 bits per heavy atom. The molecular formula is C19H14N2O4. The third-order valence-electron chi connectivity index (χ3n) is 3.35. The van der Waals surface area contributed by atoms with Gasteiger partial charge in [0.1, 0.15) is 17.3 Å². The largest absolute Gasteiger partial charge is 0.505 e. The van der Waals surface area contributed by atoms with Crippen molar-refractivity contribution in [3.05, 3.63) is 78.3 Å². The highest BCUT2D eigenvalue weighted by molar-refractivity contribution is 6.06. The Bertz CT molecular complexity index is 906. The maximum atomic E-state index is 12.1. The monoisotopic (exact) mass is 334 g/mol. The van der Waals surface area contributed by atoms with Crippen LogP contribution in [0.15, 0.2) is 81.6 Å². The number of nitrogens with zero attached hydrogens (tertiary/aromatic N) is 2. The first-order valence-corrected chi connectivity index (χ1v) is 7.42. The summed E-state index contributed by atoms with van der Waals surface area (Å²) in [5, 5.41) is 27.1. The number of azo groups is 1. The Balaban J connectivity index is 1.72. The highest BCUT2D eigenvalue weighted by atomic mass is 16.3. The second-order valence-electron chi connectivity index (χ2n) is 5.10. The summed E-state index contributed by atoms with van der Waals surface area (Å²) >= 11 is 0. The van der Waals surface area contributed by atoms with Gasteiger partial charge in [0.15, 0.2) is 11.5 Å². The van der Waals surface area contributed by atoms with Gasteiger partial charge in [0.2, 0.25) is 0 Å². The molecule has 1 heterocycles. The molecular weight excluding hydrogens is 320 g/mol. The average molecular weight is 334 g/mol. The predicted octanol–water partition coefficient (Wildman–Crippen LogP) is 5.00. The first kappa shape index (κ1) is 16.2. The number of allylic oxidation sites excluding steroid dienone is 1. The van der Waals surface area contributed by atoms with Crippen LogP contribution in [0.25, 0.3) is 6.08 Å². The van der Waals surface area contributed by atoms with Crippen LogP contribution in [0.3, 0.4) is 0 Å². The Hall–Kier alpha value is -3.67. The van der Waals surface area contributed by atoms with Gasteiger partial charge in [-0.05, 0) is 60.7 Å². The predicted molar refractivity (Wildman–Crippen MR) is 92.5 cm³/mol. The van der Waals surface area contributed by atoms with Gasteiger partial charge in [-0.25, -0.2) is 0 Å². The first-order chi connectivity index (χ1) is 12.1. The SMILES string of the molecule is O=C(/C=C\c1ccco1)c1ccc(N=Nc2c(O)cccc2O)cc1. The minimum Gasteiger partial charge on any atom is -0.505 e. The molecule has 0 atom stereocenters. The van der Waals surface area contributed by atoms with Crippen LogP contribution in [0, 0.1) is 0 Å². The maximum Gasteiger partial charge on any atom is 0.185 e. The number of carbonyl (C=O) groups excluding carboxylic acids is 1. The molecule has 0 aliphatic rings. The van der Waals surface area contributed by atoms with Gasteiger partial charge >= 0.3 is 0 Å². The molecule has 6 heteroatoms. The minimum atomic E-state index is -0.168. The molecule has 0 saturated carbocycles. The molecule has 0 fully saturated rings. The molecule has 0 spiro atoms. The molecule has 2 N–H and O–H groups in total. The molecule has 124 valence electrons. The van der Waals surface area contributed by atoms with E-state index in [9.17, 15) is 15.0 Å². The minimum absolute atomic E-state index is 0.0102. The van der Waals surface area contributed by atoms with Crippen molar-refractivity contribution in [3.8, 4) is 11.5 Å². The van der Waals surface area contributed by atoms with Gasteiger partial charge in [0.25, 0.3) is 0 Å². The smallest absolute Gasteiger partial charge is 0.185 e. The van der Waals surface area contributed by atoms with Crippen molar-refractivity contribution in [1.82, 2.24) is 0 Å². The van der Waals surface area contributed by atoms with E-state index in [1.807, 2.05) is 0 Å². The number of rotatable bonds is 5. The molecule has 6 nitrogen and oxygen atoms in total. The van der Waals surface area contributed by atoms with Crippen molar-refractivity contribution in [1.29, 1.82) is 0 Å². The molecule has 2 aromatic carbocycles. The molecule has 3 rings (SSSR count). The van der Waals surface area contributed by atoms with E-state index in [1.54, 1.807) is 42.5 Å². The lowest BCUT2D eigenvalue weighted by Gasteiger charge is -2.00. The van der Waals surface area contributed by atoms with Crippen LogP contribution < -0.4 is 0 Å². The fourth-order valence-corrected chi connectivity index (χ4v) is 2.06. The van der Waals surface area contributed by atoms with Crippen LogP contribution in [0.4, 0.5) is 11.4 Å². The Labute approximate surface area is 143 Å².